The summed E-state index contributed by atoms with van der Waals surface area (Å²) in [7, 11) is 0. The van der Waals surface area contributed by atoms with Crippen LogP contribution < -0.4 is 0 Å². The summed E-state index contributed by atoms with van der Waals surface area (Å²) >= 11 is 0. The van der Waals surface area contributed by atoms with Crippen LogP contribution in [0.15, 0.2) is 23.5 Å². The van der Waals surface area contributed by atoms with Gasteiger partial charge in [-0.15, -0.1) is 0 Å². The van der Waals surface area contributed by atoms with Gasteiger partial charge in [0, 0.05) is 5.57 Å². The van der Waals surface area contributed by atoms with Gasteiger partial charge in [0.1, 0.15) is 0 Å². The first-order valence-electron chi connectivity index (χ1n) is 9.99. The van der Waals surface area contributed by atoms with Crippen molar-refractivity contribution in [2.24, 2.45) is 23.7 Å². The average Bonchev–Trinajstić information content (AvgIpc) is 2.61. The van der Waals surface area contributed by atoms with Gasteiger partial charge in [-0.1, -0.05) is 25.8 Å². The maximum atomic E-state index is 14.0. The molecule has 0 aromatic heterocycles. The Morgan fingerprint density at radius 3 is 1.96 bits per heavy atom. The topological polar surface area (TPSA) is 9.23 Å². The van der Waals surface area contributed by atoms with Crippen LogP contribution in [0.25, 0.3) is 0 Å². The summed E-state index contributed by atoms with van der Waals surface area (Å²) in [6, 6.07) is 0. The minimum atomic E-state index is -4.26. The van der Waals surface area contributed by atoms with Crippen LogP contribution in [0.2, 0.25) is 0 Å². The van der Waals surface area contributed by atoms with Crippen LogP contribution in [0.4, 0.5) is 17.6 Å². The highest BCUT2D eigenvalue weighted by Gasteiger charge is 2.62. The van der Waals surface area contributed by atoms with Gasteiger partial charge in [0.05, 0.1) is 6.61 Å². The van der Waals surface area contributed by atoms with E-state index in [9.17, 15) is 17.6 Å². The zero-order valence-corrected chi connectivity index (χ0v) is 15.7. The Hall–Kier alpha value is -1.00. The first kappa shape index (κ1) is 19.8. The van der Waals surface area contributed by atoms with Gasteiger partial charge < -0.3 is 4.74 Å². The first-order chi connectivity index (χ1) is 12.2. The van der Waals surface area contributed by atoms with E-state index in [0.717, 1.165) is 62.5 Å². The van der Waals surface area contributed by atoms with Gasteiger partial charge in [0.15, 0.2) is 5.76 Å². The van der Waals surface area contributed by atoms with Crippen molar-refractivity contribution in [2.75, 3.05) is 6.61 Å². The molecule has 1 nitrogen and oxygen atoms in total. The summed E-state index contributed by atoms with van der Waals surface area (Å²) in [6.07, 6.45) is 11.4. The van der Waals surface area contributed by atoms with Crippen molar-refractivity contribution in [3.05, 3.63) is 23.5 Å². The van der Waals surface area contributed by atoms with E-state index in [2.05, 4.69) is 6.92 Å². The maximum Gasteiger partial charge on any atom is 0.369 e. The molecule has 0 aliphatic heterocycles. The van der Waals surface area contributed by atoms with Crippen molar-refractivity contribution in [1.82, 2.24) is 0 Å². The van der Waals surface area contributed by atoms with Crippen LogP contribution in [0, 0.1) is 23.7 Å². The number of hydrogen-bond donors (Lipinski definition) is 0. The lowest BCUT2D eigenvalue weighted by Gasteiger charge is -2.37. The largest absolute Gasteiger partial charge is 0.491 e. The predicted octanol–water partition coefficient (Wildman–Crippen LogP) is 6.75. The van der Waals surface area contributed by atoms with Crippen molar-refractivity contribution in [1.29, 1.82) is 0 Å². The molecule has 0 radical (unpaired) electrons. The average molecular weight is 374 g/mol. The number of rotatable bonds is 4. The number of alkyl halides is 4. The van der Waals surface area contributed by atoms with Crippen LogP contribution in [0.3, 0.4) is 0 Å². The standard InChI is InChI=1S/C21H30F4O/c1-14-3-8-17(9-4-14)18-10-6-16(7-11-18)13-26-19-12-5-15(2)20(22,23)21(19,24)25/h5,12,14,16-18H,3-4,6-11,13H2,1-2H3. The number of halogens is 4. The summed E-state index contributed by atoms with van der Waals surface area (Å²) < 4.78 is 60.7. The highest BCUT2D eigenvalue weighted by Crippen LogP contribution is 2.48. The second-order valence-corrected chi connectivity index (χ2v) is 8.64. The van der Waals surface area contributed by atoms with Crippen molar-refractivity contribution >= 4 is 0 Å². The van der Waals surface area contributed by atoms with Gasteiger partial charge in [-0.05, 0) is 75.2 Å². The lowest BCUT2D eigenvalue weighted by atomic mass is 9.69. The third-order valence-electron chi connectivity index (χ3n) is 6.78. The molecule has 0 spiro atoms. The van der Waals surface area contributed by atoms with Crippen LogP contribution in [0.1, 0.15) is 65.2 Å². The second-order valence-electron chi connectivity index (χ2n) is 8.64. The number of allylic oxidation sites excluding steroid dienone is 4. The Balaban J connectivity index is 1.48. The van der Waals surface area contributed by atoms with Gasteiger partial charge in [-0.3, -0.25) is 0 Å². The molecule has 3 aliphatic carbocycles. The van der Waals surface area contributed by atoms with E-state index >= 15 is 0 Å². The minimum absolute atomic E-state index is 0.110. The molecule has 5 heteroatoms. The zero-order valence-electron chi connectivity index (χ0n) is 15.7. The molecular weight excluding hydrogens is 344 g/mol. The minimum Gasteiger partial charge on any atom is -0.491 e. The van der Waals surface area contributed by atoms with E-state index in [-0.39, 0.29) is 12.5 Å². The molecule has 0 aromatic carbocycles. The molecule has 3 aliphatic rings. The quantitative estimate of drug-likeness (QED) is 0.495. The van der Waals surface area contributed by atoms with E-state index in [4.69, 9.17) is 4.74 Å². The Morgan fingerprint density at radius 2 is 1.38 bits per heavy atom. The van der Waals surface area contributed by atoms with E-state index in [0.29, 0.717) is 0 Å². The van der Waals surface area contributed by atoms with Crippen molar-refractivity contribution < 1.29 is 22.3 Å². The maximum absolute atomic E-state index is 14.0. The molecule has 0 bridgehead atoms. The molecule has 2 saturated carbocycles. The molecule has 148 valence electrons. The van der Waals surface area contributed by atoms with Gasteiger partial charge in [-0.25, -0.2) is 0 Å². The monoisotopic (exact) mass is 374 g/mol. The van der Waals surface area contributed by atoms with E-state index in [1.807, 2.05) is 0 Å². The Morgan fingerprint density at radius 1 is 0.846 bits per heavy atom. The lowest BCUT2D eigenvalue weighted by molar-refractivity contribution is -0.186. The number of ether oxygens (including phenoxy) is 1. The van der Waals surface area contributed by atoms with Crippen LogP contribution >= 0.6 is 0 Å². The highest BCUT2D eigenvalue weighted by atomic mass is 19.3. The molecular formula is C21H30F4O. The van der Waals surface area contributed by atoms with Gasteiger partial charge in [0.25, 0.3) is 0 Å². The Bertz CT molecular complexity index is 550. The number of hydrogen-bond acceptors (Lipinski definition) is 1. The molecule has 0 saturated heterocycles. The summed E-state index contributed by atoms with van der Waals surface area (Å²) in [5.41, 5.74) is -0.628. The van der Waals surface area contributed by atoms with Gasteiger partial charge in [0.2, 0.25) is 0 Å². The lowest BCUT2D eigenvalue weighted by Crippen LogP contribution is -2.45. The fraction of sp³-hybridized carbons (Fsp3) is 0.810. The zero-order chi connectivity index (χ0) is 18.9. The molecule has 3 rings (SSSR count). The molecule has 0 aromatic rings. The molecule has 0 atom stereocenters. The van der Waals surface area contributed by atoms with Gasteiger partial charge in [-0.2, -0.15) is 17.6 Å². The molecule has 0 N–H and O–H groups in total. The fourth-order valence-corrected chi connectivity index (χ4v) is 4.74. The van der Waals surface area contributed by atoms with Crippen LogP contribution in [-0.2, 0) is 4.74 Å². The fourth-order valence-electron chi connectivity index (χ4n) is 4.74. The summed E-state index contributed by atoms with van der Waals surface area (Å²) in [5.74, 6) is -6.75. The highest BCUT2D eigenvalue weighted by molar-refractivity contribution is 5.33. The van der Waals surface area contributed by atoms with E-state index in [1.165, 1.54) is 25.7 Å². The Labute approximate surface area is 153 Å². The van der Waals surface area contributed by atoms with Crippen molar-refractivity contribution in [2.45, 2.75) is 77.1 Å². The summed E-state index contributed by atoms with van der Waals surface area (Å²) in [5, 5.41) is 0. The predicted molar refractivity (Wildman–Crippen MR) is 94.3 cm³/mol. The Kier molecular flexibility index (Phi) is 5.74. The molecule has 26 heavy (non-hydrogen) atoms. The molecule has 0 amide bonds. The summed E-state index contributed by atoms with van der Waals surface area (Å²) in [4.78, 5) is 0. The van der Waals surface area contributed by atoms with Crippen LogP contribution in [0.5, 0.6) is 0 Å². The van der Waals surface area contributed by atoms with E-state index < -0.39 is 23.2 Å². The molecule has 2 fully saturated rings. The van der Waals surface area contributed by atoms with Crippen LogP contribution in [-0.4, -0.2) is 18.5 Å². The summed E-state index contributed by atoms with van der Waals surface area (Å²) in [6.45, 7) is 3.45. The third-order valence-corrected chi connectivity index (χ3v) is 6.78. The SMILES string of the molecule is CC1=CC=C(OCC2CCC(C3CCC(C)CC3)CC2)C(F)(F)C1(F)F. The smallest absolute Gasteiger partial charge is 0.369 e. The van der Waals surface area contributed by atoms with E-state index in [1.54, 1.807) is 0 Å². The first-order valence-corrected chi connectivity index (χ1v) is 9.99. The normalized spacial score (nSPS) is 36.8. The molecule has 0 unspecified atom stereocenters. The second kappa shape index (κ2) is 7.55. The third kappa shape index (κ3) is 3.82. The van der Waals surface area contributed by atoms with Crippen molar-refractivity contribution in [3.63, 3.8) is 0 Å². The van der Waals surface area contributed by atoms with Crippen molar-refractivity contribution in [3.8, 4) is 0 Å². The molecule has 0 heterocycles. The van der Waals surface area contributed by atoms with Gasteiger partial charge >= 0.3 is 11.8 Å².